The minimum Gasteiger partial charge on any atom is -0.477 e. The first-order valence-corrected chi connectivity index (χ1v) is 8.57. The van der Waals surface area contributed by atoms with E-state index in [1.807, 2.05) is 44.6 Å². The molecular weight excluding hydrogens is 391 g/mol. The molecule has 3 rings (SSSR count). The smallest absolute Gasteiger partial charge is 0.213 e. The largest absolute Gasteiger partial charge is 0.477 e. The van der Waals surface area contributed by atoms with Gasteiger partial charge in [0.25, 0.3) is 0 Å². The van der Waals surface area contributed by atoms with E-state index >= 15 is 0 Å². The van der Waals surface area contributed by atoms with E-state index < -0.39 is 12.2 Å². The van der Waals surface area contributed by atoms with Crippen molar-refractivity contribution in [3.63, 3.8) is 0 Å². The Hall–Kier alpha value is -1.38. The molecule has 1 saturated carbocycles. The molecule has 2 aromatic heterocycles. The summed E-state index contributed by atoms with van der Waals surface area (Å²) in [5.74, 6) is 0.572. The van der Waals surface area contributed by atoms with Crippen LogP contribution in [0.2, 0.25) is 0 Å². The molecule has 1 fully saturated rings. The lowest BCUT2D eigenvalue weighted by atomic mass is 9.86. The Kier molecular flexibility index (Phi) is 8.98. The van der Waals surface area contributed by atoms with Crippen LogP contribution < -0.4 is 10.1 Å². The number of hydrogen-bond donors (Lipinski definition) is 3. The Balaban J connectivity index is 0.00000182. The number of nitrogens with one attached hydrogen (secondary N) is 1. The second-order valence-electron chi connectivity index (χ2n) is 7.07. The molecule has 152 valence electrons. The van der Waals surface area contributed by atoms with Crippen molar-refractivity contribution < 1.29 is 14.9 Å². The molecule has 0 spiro atoms. The number of hydrogen-bond acceptors (Lipinski definition) is 6. The standard InChI is InChI=1S/C18H26N4O3.2ClH/c1-13-4-3-5-17(21-13)25-12-18(6-15(23)16(24)7-18)11-19-8-14-9-20-22(2)10-14;;/h3-5,9-10,15-16,19,23-24H,6-8,11-12H2,1-2H3;2*1H/t15-,16+,18?;;. The van der Waals surface area contributed by atoms with Gasteiger partial charge in [-0.15, -0.1) is 24.8 Å². The Bertz CT molecular complexity index is 703. The minimum absolute atomic E-state index is 0. The van der Waals surface area contributed by atoms with Gasteiger partial charge in [0, 0.05) is 49.1 Å². The Morgan fingerprint density at radius 1 is 1.26 bits per heavy atom. The van der Waals surface area contributed by atoms with Gasteiger partial charge >= 0.3 is 0 Å². The quantitative estimate of drug-likeness (QED) is 0.632. The lowest BCUT2D eigenvalue weighted by Gasteiger charge is -2.29. The second kappa shape index (κ2) is 10.2. The summed E-state index contributed by atoms with van der Waals surface area (Å²) >= 11 is 0. The topological polar surface area (TPSA) is 92.4 Å². The van der Waals surface area contributed by atoms with Crippen LogP contribution in [-0.2, 0) is 13.6 Å². The highest BCUT2D eigenvalue weighted by molar-refractivity contribution is 5.85. The van der Waals surface area contributed by atoms with E-state index in [1.165, 1.54) is 0 Å². The van der Waals surface area contributed by atoms with Gasteiger partial charge in [0.1, 0.15) is 0 Å². The molecule has 0 bridgehead atoms. The van der Waals surface area contributed by atoms with E-state index in [1.54, 1.807) is 4.68 Å². The number of ether oxygens (including phenoxy) is 1. The van der Waals surface area contributed by atoms with Crippen LogP contribution in [0.25, 0.3) is 0 Å². The highest BCUT2D eigenvalue weighted by Gasteiger charge is 2.44. The number of rotatable bonds is 7. The number of nitrogens with zero attached hydrogens (tertiary/aromatic N) is 3. The van der Waals surface area contributed by atoms with Crippen molar-refractivity contribution in [1.29, 1.82) is 0 Å². The molecule has 1 aliphatic carbocycles. The summed E-state index contributed by atoms with van der Waals surface area (Å²) in [6.07, 6.45) is 3.36. The highest BCUT2D eigenvalue weighted by Crippen LogP contribution is 2.38. The van der Waals surface area contributed by atoms with Gasteiger partial charge in [0.15, 0.2) is 0 Å². The van der Waals surface area contributed by atoms with Gasteiger partial charge in [-0.2, -0.15) is 5.10 Å². The van der Waals surface area contributed by atoms with E-state index in [2.05, 4.69) is 15.4 Å². The lowest BCUT2D eigenvalue weighted by molar-refractivity contribution is 0.0438. The van der Waals surface area contributed by atoms with Crippen LogP contribution in [0.15, 0.2) is 30.6 Å². The van der Waals surface area contributed by atoms with Crippen molar-refractivity contribution in [2.45, 2.75) is 38.5 Å². The van der Waals surface area contributed by atoms with Crippen molar-refractivity contribution in [3.8, 4) is 5.88 Å². The Labute approximate surface area is 172 Å². The number of aliphatic hydroxyl groups excluding tert-OH is 2. The Morgan fingerprint density at radius 2 is 1.96 bits per heavy atom. The third-order valence-electron chi connectivity index (χ3n) is 4.70. The van der Waals surface area contributed by atoms with Crippen LogP contribution in [-0.4, -0.2) is 50.3 Å². The van der Waals surface area contributed by atoms with Crippen LogP contribution in [0.3, 0.4) is 0 Å². The van der Waals surface area contributed by atoms with Crippen molar-refractivity contribution >= 4 is 24.8 Å². The number of aryl methyl sites for hydroxylation is 2. The summed E-state index contributed by atoms with van der Waals surface area (Å²) in [7, 11) is 1.89. The zero-order valence-corrected chi connectivity index (χ0v) is 17.2. The average Bonchev–Trinajstić information content (AvgIpc) is 3.10. The molecule has 1 unspecified atom stereocenters. The van der Waals surface area contributed by atoms with Gasteiger partial charge in [0.05, 0.1) is 25.0 Å². The summed E-state index contributed by atoms with van der Waals surface area (Å²) in [5.41, 5.74) is 1.66. The maximum atomic E-state index is 10.0. The molecule has 3 atom stereocenters. The average molecular weight is 419 g/mol. The van der Waals surface area contributed by atoms with E-state index in [0.29, 0.717) is 38.4 Å². The van der Waals surface area contributed by atoms with E-state index in [0.717, 1.165) is 11.3 Å². The highest BCUT2D eigenvalue weighted by atomic mass is 35.5. The third-order valence-corrected chi connectivity index (χ3v) is 4.70. The van der Waals surface area contributed by atoms with Gasteiger partial charge in [-0.3, -0.25) is 4.68 Å². The molecule has 2 heterocycles. The first-order chi connectivity index (χ1) is 12.0. The predicted molar refractivity (Wildman–Crippen MR) is 108 cm³/mol. The monoisotopic (exact) mass is 418 g/mol. The van der Waals surface area contributed by atoms with Crippen LogP contribution in [0.4, 0.5) is 0 Å². The zero-order chi connectivity index (χ0) is 17.9. The fourth-order valence-electron chi connectivity index (χ4n) is 3.42. The van der Waals surface area contributed by atoms with Crippen molar-refractivity contribution in [1.82, 2.24) is 20.1 Å². The predicted octanol–water partition coefficient (Wildman–Crippen LogP) is 1.64. The van der Waals surface area contributed by atoms with Gasteiger partial charge < -0.3 is 20.3 Å². The fourth-order valence-corrected chi connectivity index (χ4v) is 3.42. The van der Waals surface area contributed by atoms with Crippen LogP contribution in [0.1, 0.15) is 24.1 Å². The molecule has 1 aliphatic rings. The first kappa shape index (κ1) is 23.7. The molecule has 3 N–H and O–H groups in total. The number of pyridine rings is 1. The number of halogens is 2. The number of aliphatic hydroxyl groups is 2. The summed E-state index contributed by atoms with van der Waals surface area (Å²) in [5, 5.41) is 27.6. The molecule has 9 heteroatoms. The van der Waals surface area contributed by atoms with Gasteiger partial charge in [-0.1, -0.05) is 6.07 Å². The number of aromatic nitrogens is 3. The van der Waals surface area contributed by atoms with Crippen molar-refractivity contribution in [2.75, 3.05) is 13.2 Å². The van der Waals surface area contributed by atoms with Crippen LogP contribution in [0.5, 0.6) is 5.88 Å². The molecule has 0 aromatic carbocycles. The van der Waals surface area contributed by atoms with Crippen molar-refractivity contribution in [2.24, 2.45) is 12.5 Å². The summed E-state index contributed by atoms with van der Waals surface area (Å²) in [4.78, 5) is 4.36. The van der Waals surface area contributed by atoms with Crippen LogP contribution >= 0.6 is 24.8 Å². The SMILES string of the molecule is Cc1cccc(OCC2(CNCc3cnn(C)c3)C[C@@H](O)[C@@H](O)C2)n1.Cl.Cl. The molecule has 7 nitrogen and oxygen atoms in total. The lowest BCUT2D eigenvalue weighted by Crippen LogP contribution is -2.38. The van der Waals surface area contributed by atoms with Crippen molar-refractivity contribution in [3.05, 3.63) is 41.9 Å². The zero-order valence-electron chi connectivity index (χ0n) is 15.5. The molecule has 0 radical (unpaired) electrons. The Morgan fingerprint density at radius 3 is 2.56 bits per heavy atom. The molecule has 27 heavy (non-hydrogen) atoms. The molecule has 2 aromatic rings. The van der Waals surface area contributed by atoms with E-state index in [-0.39, 0.29) is 30.2 Å². The fraction of sp³-hybridized carbons (Fsp3) is 0.556. The van der Waals surface area contributed by atoms with Gasteiger partial charge in [-0.25, -0.2) is 4.98 Å². The summed E-state index contributed by atoms with van der Waals surface area (Å²) in [6.45, 7) is 3.64. The second-order valence-corrected chi connectivity index (χ2v) is 7.07. The molecule has 0 saturated heterocycles. The summed E-state index contributed by atoms with van der Waals surface area (Å²) in [6, 6.07) is 5.65. The third kappa shape index (κ3) is 6.33. The normalized spacial score (nSPS) is 24.1. The molecule has 0 amide bonds. The van der Waals surface area contributed by atoms with Gasteiger partial charge in [0.2, 0.25) is 5.88 Å². The van der Waals surface area contributed by atoms with Gasteiger partial charge in [-0.05, 0) is 25.8 Å². The maximum Gasteiger partial charge on any atom is 0.213 e. The van der Waals surface area contributed by atoms with E-state index in [4.69, 9.17) is 4.74 Å². The maximum absolute atomic E-state index is 10.0. The molecular formula is C18H28Cl2N4O3. The minimum atomic E-state index is -0.714. The van der Waals surface area contributed by atoms with E-state index in [9.17, 15) is 10.2 Å². The summed E-state index contributed by atoms with van der Waals surface area (Å²) < 4.78 is 7.65. The van der Waals surface area contributed by atoms with Crippen LogP contribution in [0, 0.1) is 12.3 Å². The molecule has 0 aliphatic heterocycles. The first-order valence-electron chi connectivity index (χ1n) is 8.57.